The molecule has 0 aliphatic heterocycles. The number of nitrogens with one attached hydrogen (secondary N) is 1. The van der Waals surface area contributed by atoms with Crippen molar-refractivity contribution in [1.82, 2.24) is 0 Å². The molecule has 0 aliphatic carbocycles. The molecule has 2 rings (SSSR count). The number of thioether (sulfide) groups is 1. The van der Waals surface area contributed by atoms with Crippen molar-refractivity contribution in [2.75, 3.05) is 22.0 Å². The molecule has 112 valence electrons. The fourth-order valence-corrected chi connectivity index (χ4v) is 4.08. The topological polar surface area (TPSA) is 72.2 Å². The number of nitrogen functional groups attached to an aromatic ring is 1. The molecule has 3 N–H and O–H groups in total. The van der Waals surface area contributed by atoms with Gasteiger partial charge in [-0.1, -0.05) is 11.6 Å². The monoisotopic (exact) mass is 342 g/mol. The summed E-state index contributed by atoms with van der Waals surface area (Å²) in [5.41, 5.74) is 6.80. The number of nitrogens with two attached hydrogens (primary N) is 1. The zero-order valence-corrected chi connectivity index (χ0v) is 13.5. The number of halogens is 1. The van der Waals surface area contributed by atoms with Gasteiger partial charge in [0.15, 0.2) is 0 Å². The average molecular weight is 343 g/mol. The van der Waals surface area contributed by atoms with Crippen molar-refractivity contribution in [2.24, 2.45) is 0 Å². The zero-order valence-electron chi connectivity index (χ0n) is 11.1. The summed E-state index contributed by atoms with van der Waals surface area (Å²) in [5.74, 6) is 0.498. The Kier molecular flexibility index (Phi) is 5.39. The standard InChI is InChI=1S/C14H15ClN2O2S2/c15-11-1-5-13(6-2-11)17-21(18,19)10-9-20-14-7-3-12(16)4-8-14/h1-8,17H,9-10,16H2. The summed E-state index contributed by atoms with van der Waals surface area (Å²) < 4.78 is 26.4. The molecule has 21 heavy (non-hydrogen) atoms. The van der Waals surface area contributed by atoms with Gasteiger partial charge in [-0.3, -0.25) is 4.72 Å². The van der Waals surface area contributed by atoms with E-state index in [0.717, 1.165) is 4.90 Å². The third-order valence-corrected chi connectivity index (χ3v) is 5.43. The van der Waals surface area contributed by atoms with E-state index in [4.69, 9.17) is 17.3 Å². The average Bonchev–Trinajstić information content (AvgIpc) is 2.43. The van der Waals surface area contributed by atoms with Crippen LogP contribution in [0.25, 0.3) is 0 Å². The Labute approximate surface area is 133 Å². The van der Waals surface area contributed by atoms with Gasteiger partial charge in [-0.2, -0.15) is 0 Å². The second-order valence-corrected chi connectivity index (χ2v) is 7.79. The Bertz CT molecular complexity index is 686. The molecule has 2 aromatic carbocycles. The molecule has 0 spiro atoms. The molecule has 0 bridgehead atoms. The summed E-state index contributed by atoms with van der Waals surface area (Å²) in [6.07, 6.45) is 0. The lowest BCUT2D eigenvalue weighted by molar-refractivity contribution is 0.602. The first-order chi connectivity index (χ1) is 9.94. The molecular formula is C14H15ClN2O2S2. The summed E-state index contributed by atoms with van der Waals surface area (Å²) >= 11 is 7.23. The SMILES string of the molecule is Nc1ccc(SCCS(=O)(=O)Nc2ccc(Cl)cc2)cc1. The molecule has 0 aromatic heterocycles. The lowest BCUT2D eigenvalue weighted by Gasteiger charge is -2.08. The highest BCUT2D eigenvalue weighted by molar-refractivity contribution is 8.01. The van der Waals surface area contributed by atoms with Gasteiger partial charge < -0.3 is 5.73 Å². The number of hydrogen-bond donors (Lipinski definition) is 2. The van der Waals surface area contributed by atoms with Crippen molar-refractivity contribution in [1.29, 1.82) is 0 Å². The maximum atomic E-state index is 12.0. The molecule has 7 heteroatoms. The van der Waals surface area contributed by atoms with Crippen molar-refractivity contribution in [3.8, 4) is 0 Å². The Balaban J connectivity index is 1.86. The summed E-state index contributed by atoms with van der Waals surface area (Å²) in [6, 6.07) is 13.9. The fraction of sp³-hybridized carbons (Fsp3) is 0.143. The van der Waals surface area contributed by atoms with Crippen molar-refractivity contribution < 1.29 is 8.42 Å². The molecule has 0 atom stereocenters. The number of anilines is 2. The highest BCUT2D eigenvalue weighted by atomic mass is 35.5. The van der Waals surface area contributed by atoms with Crippen molar-refractivity contribution in [3.05, 3.63) is 53.6 Å². The van der Waals surface area contributed by atoms with E-state index in [1.807, 2.05) is 12.1 Å². The zero-order chi connectivity index (χ0) is 15.3. The minimum atomic E-state index is -3.36. The van der Waals surface area contributed by atoms with Crippen molar-refractivity contribution in [2.45, 2.75) is 4.90 Å². The molecule has 0 heterocycles. The van der Waals surface area contributed by atoms with Crippen LogP contribution in [-0.4, -0.2) is 19.9 Å². The minimum Gasteiger partial charge on any atom is -0.399 e. The van der Waals surface area contributed by atoms with Crippen LogP contribution >= 0.6 is 23.4 Å². The van der Waals surface area contributed by atoms with Gasteiger partial charge in [0.25, 0.3) is 0 Å². The van der Waals surface area contributed by atoms with Crippen LogP contribution in [0.3, 0.4) is 0 Å². The van der Waals surface area contributed by atoms with Crippen LogP contribution in [0.4, 0.5) is 11.4 Å². The van der Waals surface area contributed by atoms with Crippen LogP contribution in [0.5, 0.6) is 0 Å². The van der Waals surface area contributed by atoms with Crippen LogP contribution in [0.2, 0.25) is 5.02 Å². The molecule has 0 saturated carbocycles. The number of benzene rings is 2. The summed E-state index contributed by atoms with van der Waals surface area (Å²) in [4.78, 5) is 0.992. The number of sulfonamides is 1. The van der Waals surface area contributed by atoms with Gasteiger partial charge in [0, 0.05) is 27.0 Å². The van der Waals surface area contributed by atoms with Gasteiger partial charge in [-0.25, -0.2) is 8.42 Å². The molecule has 2 aromatic rings. The first-order valence-electron chi connectivity index (χ1n) is 6.19. The van der Waals surface area contributed by atoms with E-state index in [0.29, 0.717) is 22.2 Å². The maximum Gasteiger partial charge on any atom is 0.233 e. The highest BCUT2D eigenvalue weighted by Gasteiger charge is 2.10. The van der Waals surface area contributed by atoms with E-state index in [1.165, 1.54) is 11.8 Å². The Hall–Kier alpha value is -1.37. The number of hydrogen-bond acceptors (Lipinski definition) is 4. The van der Waals surface area contributed by atoms with Crippen LogP contribution < -0.4 is 10.5 Å². The first kappa shape index (κ1) is 16.0. The van der Waals surface area contributed by atoms with Crippen molar-refractivity contribution >= 4 is 44.8 Å². The van der Waals surface area contributed by atoms with E-state index in [-0.39, 0.29) is 5.75 Å². The van der Waals surface area contributed by atoms with Crippen LogP contribution in [0.1, 0.15) is 0 Å². The van der Waals surface area contributed by atoms with E-state index in [1.54, 1.807) is 36.4 Å². The van der Waals surface area contributed by atoms with Gasteiger partial charge in [0.05, 0.1) is 5.75 Å². The fourth-order valence-electron chi connectivity index (χ4n) is 1.58. The van der Waals surface area contributed by atoms with Gasteiger partial charge in [-0.15, -0.1) is 11.8 Å². The molecular weight excluding hydrogens is 328 g/mol. The Morgan fingerprint density at radius 2 is 1.67 bits per heavy atom. The van der Waals surface area contributed by atoms with Crippen molar-refractivity contribution in [3.63, 3.8) is 0 Å². The normalized spacial score (nSPS) is 11.3. The van der Waals surface area contributed by atoms with Gasteiger partial charge in [0.2, 0.25) is 10.0 Å². The second kappa shape index (κ2) is 7.06. The molecule has 4 nitrogen and oxygen atoms in total. The van der Waals surface area contributed by atoms with E-state index < -0.39 is 10.0 Å². The van der Waals surface area contributed by atoms with Crippen LogP contribution in [0, 0.1) is 0 Å². The lowest BCUT2D eigenvalue weighted by atomic mass is 10.3. The predicted molar refractivity (Wildman–Crippen MR) is 90.4 cm³/mol. The molecule has 0 unspecified atom stereocenters. The lowest BCUT2D eigenvalue weighted by Crippen LogP contribution is -2.18. The predicted octanol–water partition coefficient (Wildman–Crippen LogP) is 3.46. The summed E-state index contributed by atoms with van der Waals surface area (Å²) in [5, 5.41) is 0.567. The van der Waals surface area contributed by atoms with E-state index in [9.17, 15) is 8.42 Å². The maximum absolute atomic E-state index is 12.0. The van der Waals surface area contributed by atoms with Gasteiger partial charge >= 0.3 is 0 Å². The third-order valence-electron chi connectivity index (χ3n) is 2.62. The smallest absolute Gasteiger partial charge is 0.233 e. The quantitative estimate of drug-likeness (QED) is 0.623. The van der Waals surface area contributed by atoms with E-state index >= 15 is 0 Å². The van der Waals surface area contributed by atoms with Gasteiger partial charge in [0.1, 0.15) is 0 Å². The second-order valence-electron chi connectivity index (χ2n) is 4.35. The third kappa shape index (κ3) is 5.49. The van der Waals surface area contributed by atoms with Crippen LogP contribution in [0.15, 0.2) is 53.4 Å². The molecule has 0 aliphatic rings. The van der Waals surface area contributed by atoms with E-state index in [2.05, 4.69) is 4.72 Å². The highest BCUT2D eigenvalue weighted by Crippen LogP contribution is 2.20. The van der Waals surface area contributed by atoms with Crippen LogP contribution in [-0.2, 0) is 10.0 Å². The number of rotatable bonds is 6. The summed E-state index contributed by atoms with van der Waals surface area (Å²) in [7, 11) is -3.36. The van der Waals surface area contributed by atoms with Gasteiger partial charge in [-0.05, 0) is 48.5 Å². The summed E-state index contributed by atoms with van der Waals surface area (Å²) in [6.45, 7) is 0. The molecule has 0 fully saturated rings. The minimum absolute atomic E-state index is 0.0324. The first-order valence-corrected chi connectivity index (χ1v) is 9.21. The molecule has 0 saturated heterocycles. The molecule has 0 amide bonds. The Morgan fingerprint density at radius 1 is 1.05 bits per heavy atom. The largest absolute Gasteiger partial charge is 0.399 e. The Morgan fingerprint density at radius 3 is 2.29 bits per heavy atom. The molecule has 0 radical (unpaired) electrons.